The Morgan fingerprint density at radius 2 is 2.00 bits per heavy atom. The minimum absolute atomic E-state index is 0.199. The first-order chi connectivity index (χ1) is 9.47. The van der Waals surface area contributed by atoms with Crippen LogP contribution in [0.2, 0.25) is 5.02 Å². The molecule has 1 unspecified atom stereocenters. The van der Waals surface area contributed by atoms with E-state index < -0.39 is 11.9 Å². The maximum absolute atomic E-state index is 11.5. The Balaban J connectivity index is 2.22. The molecule has 0 aliphatic rings. The number of rotatable bonds is 5. The number of halogens is 1. The highest BCUT2D eigenvalue weighted by atomic mass is 35.5. The molecule has 1 N–H and O–H groups in total. The molecule has 0 bridgehead atoms. The minimum atomic E-state index is -0.883. The van der Waals surface area contributed by atoms with Gasteiger partial charge in [0, 0.05) is 10.9 Å². The zero-order chi connectivity index (χ0) is 14.7. The van der Waals surface area contributed by atoms with Crippen LogP contribution in [0.3, 0.4) is 0 Å². The molecule has 1 atom stereocenters. The summed E-state index contributed by atoms with van der Waals surface area (Å²) < 4.78 is 4.22. The molecule has 0 spiro atoms. The summed E-state index contributed by atoms with van der Waals surface area (Å²) in [7, 11) is 0. The number of aromatic nitrogens is 2. The monoisotopic (exact) mass is 310 g/mol. The van der Waals surface area contributed by atoms with Crippen LogP contribution in [-0.2, 0) is 11.2 Å². The fraction of sp³-hybridized carbons (Fsp3) is 0.357. The second-order valence-electron chi connectivity index (χ2n) is 4.87. The maximum Gasteiger partial charge on any atom is 0.313 e. The normalized spacial score (nSPS) is 12.6. The van der Waals surface area contributed by atoms with Gasteiger partial charge in [-0.05, 0) is 35.6 Å². The van der Waals surface area contributed by atoms with Gasteiger partial charge in [-0.1, -0.05) is 37.6 Å². The molecule has 0 saturated carbocycles. The van der Waals surface area contributed by atoms with Gasteiger partial charge in [0.15, 0.2) is 0 Å². The summed E-state index contributed by atoms with van der Waals surface area (Å²) in [6.45, 7) is 3.97. The largest absolute Gasteiger partial charge is 0.481 e. The highest BCUT2D eigenvalue weighted by Crippen LogP contribution is 2.25. The summed E-state index contributed by atoms with van der Waals surface area (Å²) >= 11 is 7.00. The molecular weight excluding hydrogens is 296 g/mol. The fourth-order valence-corrected chi connectivity index (χ4v) is 2.77. The molecule has 0 radical (unpaired) electrons. The molecule has 0 amide bonds. The van der Waals surface area contributed by atoms with Crippen molar-refractivity contribution in [1.29, 1.82) is 0 Å². The Kier molecular flexibility index (Phi) is 4.73. The first-order valence-electron chi connectivity index (χ1n) is 6.28. The molecule has 0 saturated heterocycles. The van der Waals surface area contributed by atoms with Crippen molar-refractivity contribution >= 4 is 29.1 Å². The van der Waals surface area contributed by atoms with E-state index in [1.807, 2.05) is 26.0 Å². The maximum atomic E-state index is 11.5. The second-order valence-corrected chi connectivity index (χ2v) is 6.09. The van der Waals surface area contributed by atoms with Crippen molar-refractivity contribution in [2.45, 2.75) is 32.1 Å². The molecule has 1 aromatic heterocycles. The first kappa shape index (κ1) is 14.9. The number of benzene rings is 1. The molecule has 2 rings (SSSR count). The molecule has 1 aromatic carbocycles. The number of carboxylic acids is 1. The van der Waals surface area contributed by atoms with Crippen LogP contribution in [0.5, 0.6) is 0 Å². The zero-order valence-electron chi connectivity index (χ0n) is 11.2. The lowest BCUT2D eigenvalue weighted by atomic mass is 10.00. The van der Waals surface area contributed by atoms with Crippen molar-refractivity contribution in [3.05, 3.63) is 45.7 Å². The molecule has 0 fully saturated rings. The molecule has 2 aromatic rings. The van der Waals surface area contributed by atoms with Crippen molar-refractivity contribution < 1.29 is 9.90 Å². The summed E-state index contributed by atoms with van der Waals surface area (Å²) in [4.78, 5) is 15.8. The fourth-order valence-electron chi connectivity index (χ4n) is 1.76. The van der Waals surface area contributed by atoms with E-state index in [4.69, 9.17) is 11.6 Å². The molecule has 4 nitrogen and oxygen atoms in total. The van der Waals surface area contributed by atoms with Crippen LogP contribution in [0.1, 0.15) is 42.1 Å². The summed E-state index contributed by atoms with van der Waals surface area (Å²) in [6.07, 6.45) is 0.388. The topological polar surface area (TPSA) is 63.1 Å². The molecule has 0 aliphatic heterocycles. The van der Waals surface area contributed by atoms with Crippen molar-refractivity contribution in [2.24, 2.45) is 0 Å². The Morgan fingerprint density at radius 3 is 2.50 bits per heavy atom. The summed E-state index contributed by atoms with van der Waals surface area (Å²) in [5, 5.41) is 10.6. The van der Waals surface area contributed by atoms with Gasteiger partial charge in [0.25, 0.3) is 0 Å². The van der Waals surface area contributed by atoms with Crippen LogP contribution in [-0.4, -0.2) is 20.4 Å². The van der Waals surface area contributed by atoms with Gasteiger partial charge in [-0.3, -0.25) is 4.79 Å². The number of nitrogens with zero attached hydrogens (tertiary/aromatic N) is 2. The van der Waals surface area contributed by atoms with E-state index in [0.29, 0.717) is 22.3 Å². The lowest BCUT2D eigenvalue weighted by Gasteiger charge is -2.09. The van der Waals surface area contributed by atoms with Crippen LogP contribution in [0.4, 0.5) is 0 Å². The Morgan fingerprint density at radius 1 is 1.35 bits per heavy atom. The molecular formula is C14H15ClN2O2S. The molecule has 1 heterocycles. The molecule has 0 aliphatic carbocycles. The van der Waals surface area contributed by atoms with Crippen LogP contribution >= 0.6 is 23.1 Å². The molecule has 6 heteroatoms. The second kappa shape index (κ2) is 6.33. The summed E-state index contributed by atoms with van der Waals surface area (Å²) in [5.74, 6) is -0.648. The van der Waals surface area contributed by atoms with E-state index in [9.17, 15) is 9.90 Å². The van der Waals surface area contributed by atoms with Crippen molar-refractivity contribution in [3.63, 3.8) is 0 Å². The standard InChI is InChI=1S/C14H15ClN2O2S/c1-8(2)12-16-13(20-17-12)11(14(18)19)7-9-3-5-10(15)6-4-9/h3-6,8,11H,7H2,1-2H3,(H,18,19). The quantitative estimate of drug-likeness (QED) is 0.914. The Labute approximate surface area is 126 Å². The van der Waals surface area contributed by atoms with Crippen molar-refractivity contribution in [2.75, 3.05) is 0 Å². The summed E-state index contributed by atoms with van der Waals surface area (Å²) in [5.41, 5.74) is 0.920. The zero-order valence-corrected chi connectivity index (χ0v) is 12.8. The van der Waals surface area contributed by atoms with E-state index in [2.05, 4.69) is 9.36 Å². The number of carbonyl (C=O) groups is 1. The smallest absolute Gasteiger partial charge is 0.313 e. The third-order valence-electron chi connectivity index (χ3n) is 2.92. The van der Waals surface area contributed by atoms with E-state index in [1.54, 1.807) is 12.1 Å². The number of carboxylic acid groups (broad SMARTS) is 1. The minimum Gasteiger partial charge on any atom is -0.481 e. The molecule has 20 heavy (non-hydrogen) atoms. The van der Waals surface area contributed by atoms with Crippen LogP contribution < -0.4 is 0 Å². The van der Waals surface area contributed by atoms with Gasteiger partial charge in [-0.15, -0.1) is 0 Å². The average molecular weight is 311 g/mol. The third kappa shape index (κ3) is 3.55. The van der Waals surface area contributed by atoms with Crippen LogP contribution in [0.15, 0.2) is 24.3 Å². The van der Waals surface area contributed by atoms with Crippen molar-refractivity contribution in [3.8, 4) is 0 Å². The van der Waals surface area contributed by atoms with Gasteiger partial charge in [0.2, 0.25) is 0 Å². The highest BCUT2D eigenvalue weighted by Gasteiger charge is 2.25. The predicted octanol–water partition coefficient (Wildman–Crippen LogP) is 3.73. The van der Waals surface area contributed by atoms with Gasteiger partial charge in [0.05, 0.1) is 0 Å². The van der Waals surface area contributed by atoms with Gasteiger partial charge >= 0.3 is 5.97 Å². The average Bonchev–Trinajstić information content (AvgIpc) is 2.87. The van der Waals surface area contributed by atoms with Gasteiger partial charge in [-0.2, -0.15) is 4.37 Å². The van der Waals surface area contributed by atoms with Gasteiger partial charge in [-0.25, -0.2) is 4.98 Å². The third-order valence-corrected chi connectivity index (χ3v) is 4.02. The Bertz CT molecular complexity index is 595. The number of aliphatic carboxylic acids is 1. The summed E-state index contributed by atoms with van der Waals surface area (Å²) in [6, 6.07) is 7.19. The molecule has 106 valence electrons. The van der Waals surface area contributed by atoms with E-state index >= 15 is 0 Å². The SMILES string of the molecule is CC(C)c1nsc(C(Cc2ccc(Cl)cc2)C(=O)O)n1. The van der Waals surface area contributed by atoms with Gasteiger partial charge in [0.1, 0.15) is 16.7 Å². The first-order valence-corrected chi connectivity index (χ1v) is 7.43. The van der Waals surface area contributed by atoms with E-state index in [1.165, 1.54) is 11.5 Å². The van der Waals surface area contributed by atoms with E-state index in [-0.39, 0.29) is 5.92 Å². The number of hydrogen-bond donors (Lipinski definition) is 1. The number of hydrogen-bond acceptors (Lipinski definition) is 4. The lowest BCUT2D eigenvalue weighted by Crippen LogP contribution is -2.14. The highest BCUT2D eigenvalue weighted by molar-refractivity contribution is 7.05. The van der Waals surface area contributed by atoms with Crippen molar-refractivity contribution in [1.82, 2.24) is 9.36 Å². The lowest BCUT2D eigenvalue weighted by molar-refractivity contribution is -0.138. The Hall–Kier alpha value is -1.46. The van der Waals surface area contributed by atoms with E-state index in [0.717, 1.165) is 5.56 Å². The van der Waals surface area contributed by atoms with Crippen LogP contribution in [0, 0.1) is 0 Å². The van der Waals surface area contributed by atoms with Crippen LogP contribution in [0.25, 0.3) is 0 Å². The predicted molar refractivity (Wildman–Crippen MR) is 79.5 cm³/mol. The van der Waals surface area contributed by atoms with Gasteiger partial charge < -0.3 is 5.11 Å².